The second-order valence-corrected chi connectivity index (χ2v) is 13.4. The second-order valence-electron chi connectivity index (χ2n) is 13.4. The number of phenolic OH excluding ortho intramolecular Hbond substituents is 2. The smallest absolute Gasteiger partial charge is 0.254 e. The Morgan fingerprint density at radius 3 is 2.38 bits per heavy atom. The Kier molecular flexibility index (Phi) is 13.2. The molecule has 0 fully saturated rings. The highest BCUT2D eigenvalue weighted by atomic mass is 16.5. The number of benzene rings is 3. The first-order valence-electron chi connectivity index (χ1n) is 17.1. The quantitative estimate of drug-likeness (QED) is 0.0662. The van der Waals surface area contributed by atoms with Crippen LogP contribution in [0.15, 0.2) is 89.6 Å². The summed E-state index contributed by atoms with van der Waals surface area (Å²) in [5, 5.41) is 35.7. The van der Waals surface area contributed by atoms with Crippen molar-refractivity contribution >= 4 is 45.8 Å². The highest BCUT2D eigenvalue weighted by Gasteiger charge is 2.30. The topological polar surface area (TPSA) is 186 Å². The molecule has 5 atom stereocenters. The maximum Gasteiger partial charge on any atom is 0.254 e. The largest absolute Gasteiger partial charge is 0.506 e. The molecule has 52 heavy (non-hydrogen) atoms. The van der Waals surface area contributed by atoms with Crippen molar-refractivity contribution in [2.24, 2.45) is 17.6 Å². The monoisotopic (exact) mass is 711 g/mol. The minimum atomic E-state index is -0.986. The van der Waals surface area contributed by atoms with Crippen LogP contribution in [0.3, 0.4) is 0 Å². The van der Waals surface area contributed by atoms with E-state index in [1.165, 1.54) is 20.3 Å². The van der Waals surface area contributed by atoms with Gasteiger partial charge in [0.1, 0.15) is 11.5 Å². The van der Waals surface area contributed by atoms with E-state index in [4.69, 9.17) is 20.9 Å². The Morgan fingerprint density at radius 1 is 1.02 bits per heavy atom. The van der Waals surface area contributed by atoms with E-state index in [9.17, 15) is 29.7 Å². The second kappa shape index (κ2) is 17.3. The number of methoxy groups -OCH3 is 2. The Labute approximate surface area is 304 Å². The number of carbonyl (C=O) groups is 3. The third-order valence-electron chi connectivity index (χ3n) is 9.59. The van der Waals surface area contributed by atoms with E-state index in [0.29, 0.717) is 16.5 Å². The summed E-state index contributed by atoms with van der Waals surface area (Å²) in [6, 6.07) is 13.9. The number of hydrogen-bond donors (Lipinski definition) is 5. The number of ether oxygens (including phenoxy) is 2. The first-order valence-corrected chi connectivity index (χ1v) is 17.1. The van der Waals surface area contributed by atoms with E-state index < -0.39 is 65.8 Å². The Morgan fingerprint density at radius 2 is 1.71 bits per heavy atom. The zero-order valence-corrected chi connectivity index (χ0v) is 30.5. The molecule has 0 saturated heterocycles. The van der Waals surface area contributed by atoms with Crippen LogP contribution < -0.4 is 16.4 Å². The Bertz CT molecular complexity index is 1940. The van der Waals surface area contributed by atoms with Gasteiger partial charge in [0.05, 0.1) is 36.2 Å². The maximum atomic E-state index is 14.3. The van der Waals surface area contributed by atoms with Crippen molar-refractivity contribution < 1.29 is 39.2 Å². The summed E-state index contributed by atoms with van der Waals surface area (Å²) in [6.07, 6.45) is 6.10. The lowest BCUT2D eigenvalue weighted by molar-refractivity contribution is -0.119. The number of amides is 2. The van der Waals surface area contributed by atoms with Gasteiger partial charge < -0.3 is 36.3 Å². The number of nitrogens with two attached hydrogens (primary N) is 2. The lowest BCUT2D eigenvalue weighted by Gasteiger charge is -2.28. The van der Waals surface area contributed by atoms with E-state index in [1.807, 2.05) is 50.3 Å². The number of fused-ring (bicyclic) bond motifs is 3. The van der Waals surface area contributed by atoms with E-state index in [0.717, 1.165) is 21.9 Å². The molecule has 0 unspecified atom stereocenters. The van der Waals surface area contributed by atoms with Gasteiger partial charge in [-0.1, -0.05) is 84.8 Å². The van der Waals surface area contributed by atoms with Gasteiger partial charge in [0.15, 0.2) is 5.78 Å². The number of Topliss-reactive ketones (excluding diaryl/α,β-unsaturated/α-hetero) is 1. The molecule has 0 spiro atoms. The van der Waals surface area contributed by atoms with Gasteiger partial charge in [-0.3, -0.25) is 19.3 Å². The van der Waals surface area contributed by atoms with Gasteiger partial charge in [0, 0.05) is 55.2 Å². The number of aromatic hydroxyl groups is 2. The van der Waals surface area contributed by atoms with Crippen molar-refractivity contribution in [2.45, 2.75) is 58.8 Å². The molecule has 1 heterocycles. The number of aliphatic hydroxyl groups excluding tert-OH is 1. The molecule has 0 aromatic heterocycles. The molecule has 11 nitrogen and oxygen atoms in total. The minimum absolute atomic E-state index is 0.0327. The third kappa shape index (κ3) is 8.97. The number of nitrogens with zero attached hydrogens (tertiary/aromatic N) is 1. The Hall–Kier alpha value is -5.23. The number of carbonyl (C=O) groups excluding carboxylic acids is 3. The summed E-state index contributed by atoms with van der Waals surface area (Å²) in [4.78, 5) is 41.6. The fraction of sp³-hybridized carbons (Fsp3) is 0.341. The highest BCUT2D eigenvalue weighted by Crippen LogP contribution is 2.43. The van der Waals surface area contributed by atoms with Gasteiger partial charge in [-0.05, 0) is 44.0 Å². The van der Waals surface area contributed by atoms with Crippen LogP contribution in [-0.2, 0) is 19.1 Å². The Balaban J connectivity index is 1.93. The number of nitrogen functional groups attached to an aromatic ring is 1. The number of allylic oxidation sites excluding steroid dienone is 2. The first kappa shape index (κ1) is 39.6. The van der Waals surface area contributed by atoms with Crippen molar-refractivity contribution in [1.82, 2.24) is 0 Å². The van der Waals surface area contributed by atoms with Crippen LogP contribution in [0, 0.1) is 11.8 Å². The van der Waals surface area contributed by atoms with Crippen LogP contribution in [0.4, 0.5) is 11.4 Å². The summed E-state index contributed by atoms with van der Waals surface area (Å²) in [5.41, 5.74) is 13.7. The summed E-state index contributed by atoms with van der Waals surface area (Å²) >= 11 is 0. The molecule has 11 heteroatoms. The zero-order chi connectivity index (χ0) is 38.3. The third-order valence-corrected chi connectivity index (χ3v) is 9.59. The summed E-state index contributed by atoms with van der Waals surface area (Å²) < 4.78 is 11.5. The normalized spacial score (nSPS) is 22.1. The molecular formula is C41H49N3O8. The highest BCUT2D eigenvalue weighted by molar-refractivity contribution is 6.15. The fourth-order valence-electron chi connectivity index (χ4n) is 6.66. The van der Waals surface area contributed by atoms with Crippen LogP contribution in [0.25, 0.3) is 16.8 Å². The van der Waals surface area contributed by atoms with Gasteiger partial charge in [-0.25, -0.2) is 0 Å². The number of rotatable bonds is 7. The van der Waals surface area contributed by atoms with Crippen LogP contribution in [-0.4, -0.2) is 72.0 Å². The van der Waals surface area contributed by atoms with Crippen LogP contribution in [0.5, 0.6) is 11.5 Å². The van der Waals surface area contributed by atoms with E-state index in [-0.39, 0.29) is 35.4 Å². The SMILES string of the molecule is CO[C@H]1C=CC=C(C)C(=O)N(CC(=O)c2cccc3ccccc23)c2cc(O)c(N)c(c2O)C=C(C)C[C@H](OC)[C@H](O)[C@@H](C)C=C(C)[C@@H]1CC(N)=O. The number of ketones is 1. The number of primary amides is 1. The van der Waals surface area contributed by atoms with Crippen molar-refractivity contribution in [3.8, 4) is 11.5 Å². The average molecular weight is 712 g/mol. The molecule has 1 aliphatic rings. The maximum absolute atomic E-state index is 14.3. The van der Waals surface area contributed by atoms with Crippen molar-refractivity contribution in [1.29, 1.82) is 0 Å². The van der Waals surface area contributed by atoms with Crippen molar-refractivity contribution in [3.63, 3.8) is 0 Å². The molecule has 3 aromatic rings. The minimum Gasteiger partial charge on any atom is -0.506 e. The molecule has 2 amide bonds. The first-order chi connectivity index (χ1) is 24.7. The fourth-order valence-corrected chi connectivity index (χ4v) is 6.66. The van der Waals surface area contributed by atoms with Crippen LogP contribution in [0.2, 0.25) is 0 Å². The summed E-state index contributed by atoms with van der Waals surface area (Å²) in [5.74, 6) is -3.30. The van der Waals surface area contributed by atoms with Gasteiger partial charge >= 0.3 is 0 Å². The number of hydrogen-bond acceptors (Lipinski definition) is 9. The number of phenols is 2. The van der Waals surface area contributed by atoms with Gasteiger partial charge in [-0.2, -0.15) is 0 Å². The number of aliphatic hydroxyl groups is 1. The predicted molar refractivity (Wildman–Crippen MR) is 204 cm³/mol. The van der Waals surface area contributed by atoms with Crippen molar-refractivity contribution in [3.05, 3.63) is 101 Å². The van der Waals surface area contributed by atoms with E-state index >= 15 is 0 Å². The number of anilines is 2. The van der Waals surface area contributed by atoms with Gasteiger partial charge in [-0.15, -0.1) is 0 Å². The summed E-state index contributed by atoms with van der Waals surface area (Å²) in [6.45, 7) is 6.50. The van der Waals surface area contributed by atoms with Crippen LogP contribution >= 0.6 is 0 Å². The molecule has 7 N–H and O–H groups in total. The molecule has 276 valence electrons. The molecule has 1 aliphatic heterocycles. The predicted octanol–water partition coefficient (Wildman–Crippen LogP) is 5.82. The van der Waals surface area contributed by atoms with Gasteiger partial charge in [0.25, 0.3) is 5.91 Å². The molecule has 0 saturated carbocycles. The van der Waals surface area contributed by atoms with E-state index in [2.05, 4.69) is 0 Å². The standard InChI is InChI=1S/C41H49N3O8/c1-23-17-31-38(43)33(45)21-32(40(31)49)44(22-34(46)29-15-10-13-27-12-7-8-14-28(27)29)41(50)24(2)11-9-16-35(51-5)30(20-37(42)47)25(3)19-26(4)39(48)36(18-23)52-6/h7-17,19,21,26,30,35-36,39,45,48-49H,18,20,22,43H2,1-6H3,(H2,42,47)/t26-,30-,35-,36-,39+/m0/s1. The molecule has 0 aliphatic carbocycles. The average Bonchev–Trinajstić information content (AvgIpc) is 3.12. The summed E-state index contributed by atoms with van der Waals surface area (Å²) in [7, 11) is 2.97. The molecule has 3 aromatic carbocycles. The van der Waals surface area contributed by atoms with Crippen molar-refractivity contribution in [2.75, 3.05) is 31.4 Å². The molecular weight excluding hydrogens is 662 g/mol. The molecule has 4 rings (SSSR count). The lowest BCUT2D eigenvalue weighted by atomic mass is 9.86. The lowest BCUT2D eigenvalue weighted by Crippen LogP contribution is -2.36. The zero-order valence-electron chi connectivity index (χ0n) is 30.5. The van der Waals surface area contributed by atoms with E-state index in [1.54, 1.807) is 44.2 Å². The van der Waals surface area contributed by atoms with Crippen LogP contribution in [0.1, 0.15) is 56.5 Å². The molecule has 2 bridgehead atoms. The molecule has 0 radical (unpaired) electrons. The van der Waals surface area contributed by atoms with Gasteiger partial charge in [0.2, 0.25) is 5.91 Å².